The maximum Gasteiger partial charge on any atom is 0.200 e. The third kappa shape index (κ3) is 1.48. The van der Waals surface area contributed by atoms with Crippen molar-refractivity contribution in [3.05, 3.63) is 42.2 Å². The van der Waals surface area contributed by atoms with Gasteiger partial charge in [-0.15, -0.1) is 10.2 Å². The van der Waals surface area contributed by atoms with Crippen LogP contribution < -0.4 is 5.73 Å². The van der Waals surface area contributed by atoms with E-state index in [1.165, 1.54) is 5.56 Å². The lowest BCUT2D eigenvalue weighted by molar-refractivity contribution is 0.567. The Labute approximate surface area is 109 Å². The molecule has 0 spiro atoms. The monoisotopic (exact) mass is 252 g/mol. The second kappa shape index (κ2) is 3.71. The Balaban J connectivity index is 1.93. The quantitative estimate of drug-likeness (QED) is 0.675. The van der Waals surface area contributed by atoms with Gasteiger partial charge in [0.1, 0.15) is 0 Å². The average Bonchev–Trinajstić information content (AvgIpc) is 3.07. The Morgan fingerprint density at radius 2 is 2.05 bits per heavy atom. The zero-order chi connectivity index (χ0) is 12.8. The van der Waals surface area contributed by atoms with Gasteiger partial charge in [0.25, 0.3) is 0 Å². The number of nitrogens with two attached hydrogens (primary N) is 1. The van der Waals surface area contributed by atoms with Gasteiger partial charge in [-0.25, -0.2) is 0 Å². The van der Waals surface area contributed by atoms with E-state index in [-0.39, 0.29) is 0 Å². The van der Waals surface area contributed by atoms with E-state index in [9.17, 15) is 0 Å². The molecule has 1 aromatic carbocycles. The van der Waals surface area contributed by atoms with Crippen LogP contribution in [0, 0.1) is 0 Å². The molecule has 5 nitrogen and oxygen atoms in total. The Bertz CT molecular complexity index is 743. The third-order valence-electron chi connectivity index (χ3n) is 3.47. The van der Waals surface area contributed by atoms with Crippen molar-refractivity contribution in [3.8, 4) is 23.0 Å². The zero-order valence-electron chi connectivity index (χ0n) is 10.2. The molecule has 0 fully saturated rings. The highest BCUT2D eigenvalue weighted by Crippen LogP contribution is 2.32. The van der Waals surface area contributed by atoms with E-state index in [1.54, 1.807) is 6.26 Å². The standard InChI is InChI=1S/C14H12N4O/c15-10-4-3-9-5-6-18-13(11(9)8-10)16-17-14(18)12-2-1-7-19-12/h1-4,7-8H,5-6,15H2. The number of hydrogen-bond donors (Lipinski definition) is 1. The molecule has 0 unspecified atom stereocenters. The van der Waals surface area contributed by atoms with Gasteiger partial charge in [0, 0.05) is 17.8 Å². The molecule has 0 radical (unpaired) electrons. The first-order valence-corrected chi connectivity index (χ1v) is 6.19. The lowest BCUT2D eigenvalue weighted by Gasteiger charge is -2.18. The molecule has 2 aromatic heterocycles. The molecule has 2 N–H and O–H groups in total. The Morgan fingerprint density at radius 3 is 2.89 bits per heavy atom. The number of nitrogen functional groups attached to an aromatic ring is 1. The minimum atomic E-state index is 0.742. The first kappa shape index (κ1) is 10.4. The van der Waals surface area contributed by atoms with E-state index in [2.05, 4.69) is 20.8 Å². The highest BCUT2D eigenvalue weighted by atomic mass is 16.3. The number of nitrogens with zero attached hydrogens (tertiary/aromatic N) is 3. The Kier molecular flexibility index (Phi) is 2.03. The van der Waals surface area contributed by atoms with Crippen LogP contribution in [0.5, 0.6) is 0 Å². The fraction of sp³-hybridized carbons (Fsp3) is 0.143. The number of hydrogen-bond acceptors (Lipinski definition) is 4. The molecular weight excluding hydrogens is 240 g/mol. The van der Waals surface area contributed by atoms with Crippen LogP contribution in [-0.2, 0) is 13.0 Å². The maximum atomic E-state index is 5.86. The number of aryl methyl sites for hydroxylation is 1. The Morgan fingerprint density at radius 1 is 1.16 bits per heavy atom. The maximum absolute atomic E-state index is 5.86. The van der Waals surface area contributed by atoms with Crippen molar-refractivity contribution in [1.82, 2.24) is 14.8 Å². The second-order valence-corrected chi connectivity index (χ2v) is 4.64. The molecule has 1 aliphatic heterocycles. The molecule has 0 aliphatic carbocycles. The normalized spacial score (nSPS) is 13.1. The lowest BCUT2D eigenvalue weighted by atomic mass is 10.00. The van der Waals surface area contributed by atoms with Crippen LogP contribution in [0.3, 0.4) is 0 Å². The predicted octanol–water partition coefficient (Wildman–Crippen LogP) is 2.34. The molecule has 0 bridgehead atoms. The number of fused-ring (bicyclic) bond motifs is 3. The van der Waals surface area contributed by atoms with Crippen LogP contribution in [0.4, 0.5) is 5.69 Å². The van der Waals surface area contributed by atoms with Crippen molar-refractivity contribution < 1.29 is 4.42 Å². The molecule has 94 valence electrons. The van der Waals surface area contributed by atoms with E-state index < -0.39 is 0 Å². The van der Waals surface area contributed by atoms with Gasteiger partial charge in [-0.05, 0) is 36.2 Å². The summed E-state index contributed by atoms with van der Waals surface area (Å²) in [6.07, 6.45) is 2.60. The number of anilines is 1. The van der Waals surface area contributed by atoms with E-state index in [0.29, 0.717) is 0 Å². The van der Waals surface area contributed by atoms with Gasteiger partial charge in [-0.2, -0.15) is 0 Å². The summed E-state index contributed by atoms with van der Waals surface area (Å²) in [6.45, 7) is 0.856. The van der Waals surface area contributed by atoms with Crippen molar-refractivity contribution in [1.29, 1.82) is 0 Å². The van der Waals surface area contributed by atoms with Gasteiger partial charge in [0.05, 0.1) is 6.26 Å². The molecule has 0 atom stereocenters. The number of benzene rings is 1. The molecule has 0 saturated heterocycles. The molecule has 5 heteroatoms. The molecule has 19 heavy (non-hydrogen) atoms. The van der Waals surface area contributed by atoms with Crippen LogP contribution in [0.2, 0.25) is 0 Å². The van der Waals surface area contributed by atoms with Crippen molar-refractivity contribution in [2.75, 3.05) is 5.73 Å². The molecule has 0 amide bonds. The smallest absolute Gasteiger partial charge is 0.200 e. The minimum Gasteiger partial charge on any atom is -0.461 e. The topological polar surface area (TPSA) is 69.9 Å². The molecule has 3 heterocycles. The first-order valence-electron chi connectivity index (χ1n) is 6.19. The average molecular weight is 252 g/mol. The first-order chi connectivity index (χ1) is 9.33. The van der Waals surface area contributed by atoms with Crippen molar-refractivity contribution in [2.45, 2.75) is 13.0 Å². The van der Waals surface area contributed by atoms with Crippen LogP contribution in [-0.4, -0.2) is 14.8 Å². The summed E-state index contributed by atoms with van der Waals surface area (Å²) in [6, 6.07) is 9.70. The van der Waals surface area contributed by atoms with Crippen LogP contribution in [0.15, 0.2) is 41.0 Å². The van der Waals surface area contributed by atoms with Gasteiger partial charge < -0.3 is 14.7 Å². The molecule has 3 aromatic rings. The highest BCUT2D eigenvalue weighted by molar-refractivity contribution is 5.69. The SMILES string of the molecule is Nc1ccc2c(c1)-c1nnc(-c3ccco3)n1CC2. The second-order valence-electron chi connectivity index (χ2n) is 4.64. The Hall–Kier alpha value is -2.56. The summed E-state index contributed by atoms with van der Waals surface area (Å²) in [7, 11) is 0. The molecule has 4 rings (SSSR count). The van der Waals surface area contributed by atoms with Gasteiger partial charge in [-0.3, -0.25) is 0 Å². The number of furan rings is 1. The predicted molar refractivity (Wildman–Crippen MR) is 71.3 cm³/mol. The zero-order valence-corrected chi connectivity index (χ0v) is 10.2. The van der Waals surface area contributed by atoms with E-state index >= 15 is 0 Å². The van der Waals surface area contributed by atoms with Crippen LogP contribution in [0.25, 0.3) is 23.0 Å². The summed E-state index contributed by atoms with van der Waals surface area (Å²) in [5.74, 6) is 2.37. The summed E-state index contributed by atoms with van der Waals surface area (Å²) < 4.78 is 7.49. The summed E-state index contributed by atoms with van der Waals surface area (Å²) >= 11 is 0. The molecular formula is C14H12N4O. The number of rotatable bonds is 1. The summed E-state index contributed by atoms with van der Waals surface area (Å²) in [5, 5.41) is 8.54. The van der Waals surface area contributed by atoms with Crippen molar-refractivity contribution in [2.24, 2.45) is 0 Å². The fourth-order valence-corrected chi connectivity index (χ4v) is 2.55. The van der Waals surface area contributed by atoms with Crippen LogP contribution >= 0.6 is 0 Å². The fourth-order valence-electron chi connectivity index (χ4n) is 2.55. The van der Waals surface area contributed by atoms with Gasteiger partial charge in [0.2, 0.25) is 0 Å². The van der Waals surface area contributed by atoms with Gasteiger partial charge in [0.15, 0.2) is 17.4 Å². The highest BCUT2D eigenvalue weighted by Gasteiger charge is 2.23. The van der Waals surface area contributed by atoms with Crippen molar-refractivity contribution >= 4 is 5.69 Å². The lowest BCUT2D eigenvalue weighted by Crippen LogP contribution is -2.12. The van der Waals surface area contributed by atoms with E-state index in [4.69, 9.17) is 10.2 Å². The van der Waals surface area contributed by atoms with Crippen LogP contribution in [0.1, 0.15) is 5.56 Å². The van der Waals surface area contributed by atoms with E-state index in [0.717, 1.165) is 41.6 Å². The van der Waals surface area contributed by atoms with E-state index in [1.807, 2.05) is 24.3 Å². The molecule has 0 saturated carbocycles. The number of aromatic nitrogens is 3. The largest absolute Gasteiger partial charge is 0.461 e. The minimum absolute atomic E-state index is 0.742. The van der Waals surface area contributed by atoms with Crippen molar-refractivity contribution in [3.63, 3.8) is 0 Å². The molecule has 1 aliphatic rings. The third-order valence-corrected chi connectivity index (χ3v) is 3.47. The summed E-state index contributed by atoms with van der Waals surface area (Å²) in [4.78, 5) is 0. The summed E-state index contributed by atoms with van der Waals surface area (Å²) in [5.41, 5.74) is 8.94. The van der Waals surface area contributed by atoms with Gasteiger partial charge >= 0.3 is 0 Å². The van der Waals surface area contributed by atoms with Gasteiger partial charge in [-0.1, -0.05) is 6.07 Å².